The fourth-order valence-corrected chi connectivity index (χ4v) is 6.39. The van der Waals surface area contributed by atoms with E-state index in [1.165, 1.54) is 11.1 Å². The van der Waals surface area contributed by atoms with Gasteiger partial charge < -0.3 is 9.67 Å². The second-order valence-electron chi connectivity index (χ2n) is 10.3. The average Bonchev–Trinajstić information content (AvgIpc) is 3.56. The highest BCUT2D eigenvalue weighted by atomic mass is 16.3. The van der Waals surface area contributed by atoms with Crippen LogP contribution in [-0.2, 0) is 5.54 Å². The van der Waals surface area contributed by atoms with Crippen LogP contribution < -0.4 is 4.57 Å². The van der Waals surface area contributed by atoms with Crippen molar-refractivity contribution in [2.75, 3.05) is 0 Å². The van der Waals surface area contributed by atoms with Gasteiger partial charge >= 0.3 is 0 Å². The fraction of sp³-hybridized carbons (Fsp3) is 0.0270. The standard InChI is InChI=1S/C37H25N3O/c41-35-23-11-10-22-34(35)39-25-40(33-21-9-8-20-32(33)39)37(36-24-12-19-31(38-36)26-13-2-1-3-14-26)29-17-6-4-15-27(29)28-16-5-7-18-30(28)37/h1-24,41H. The lowest BCUT2D eigenvalue weighted by atomic mass is 9.83. The van der Waals surface area contributed by atoms with Gasteiger partial charge in [0.1, 0.15) is 5.75 Å². The Morgan fingerprint density at radius 1 is 0.610 bits per heavy atom. The summed E-state index contributed by atoms with van der Waals surface area (Å²) in [5.74, 6) is 0.196. The summed E-state index contributed by atoms with van der Waals surface area (Å²) < 4.78 is 4.17. The Labute approximate surface area is 238 Å². The van der Waals surface area contributed by atoms with E-state index >= 15 is 0 Å². The lowest BCUT2D eigenvalue weighted by Gasteiger charge is -2.31. The summed E-state index contributed by atoms with van der Waals surface area (Å²) >= 11 is 0. The zero-order chi connectivity index (χ0) is 27.4. The molecule has 5 aromatic carbocycles. The highest BCUT2D eigenvalue weighted by Crippen LogP contribution is 2.50. The molecule has 1 aliphatic rings. The summed E-state index contributed by atoms with van der Waals surface area (Å²) in [6.07, 6.45) is 3.70. The summed E-state index contributed by atoms with van der Waals surface area (Å²) in [5, 5.41) is 10.9. The van der Waals surface area contributed by atoms with Gasteiger partial charge in [0.25, 0.3) is 0 Å². The molecule has 4 heteroatoms. The normalized spacial score (nSPS) is 13.2. The van der Waals surface area contributed by atoms with Crippen molar-refractivity contribution in [2.45, 2.75) is 5.54 Å². The van der Waals surface area contributed by atoms with Crippen molar-refractivity contribution in [1.82, 2.24) is 9.55 Å². The largest absolute Gasteiger partial charge is 0.513 e. The van der Waals surface area contributed by atoms with E-state index in [-0.39, 0.29) is 5.75 Å². The summed E-state index contributed by atoms with van der Waals surface area (Å²) in [4.78, 5) is 5.38. The molecule has 194 valence electrons. The third-order valence-corrected chi connectivity index (χ3v) is 8.13. The van der Waals surface area contributed by atoms with Gasteiger partial charge in [-0.15, -0.1) is 0 Å². The van der Waals surface area contributed by atoms with Crippen LogP contribution in [0.2, 0.25) is 0 Å². The highest BCUT2D eigenvalue weighted by Gasteiger charge is 2.50. The van der Waals surface area contributed by atoms with Gasteiger partial charge in [0.05, 0.1) is 28.1 Å². The third kappa shape index (κ3) is 3.34. The van der Waals surface area contributed by atoms with E-state index in [1.54, 1.807) is 6.07 Å². The number of phenolic OH excluding ortho intramolecular Hbond substituents is 1. The molecule has 0 saturated heterocycles. The molecule has 0 fully saturated rings. The number of aromatic nitrogens is 3. The monoisotopic (exact) mass is 527 g/mol. The summed E-state index contributed by atoms with van der Waals surface area (Å²) in [5.41, 5.74) is 9.28. The predicted molar refractivity (Wildman–Crippen MR) is 161 cm³/mol. The third-order valence-electron chi connectivity index (χ3n) is 8.13. The zero-order valence-corrected chi connectivity index (χ0v) is 22.1. The van der Waals surface area contributed by atoms with Gasteiger partial charge in [0, 0.05) is 16.7 Å². The van der Waals surface area contributed by atoms with Gasteiger partial charge in [0.15, 0.2) is 5.54 Å². The maximum absolute atomic E-state index is 10.9. The second-order valence-corrected chi connectivity index (χ2v) is 10.3. The molecule has 0 radical (unpaired) electrons. The smallest absolute Gasteiger partial charge is 0.245 e. The number of hydrogen-bond acceptors (Lipinski definition) is 2. The molecule has 1 aliphatic carbocycles. The predicted octanol–water partition coefficient (Wildman–Crippen LogP) is 7.31. The Morgan fingerprint density at radius 3 is 2.00 bits per heavy atom. The molecule has 2 aromatic heterocycles. The first-order valence-corrected chi connectivity index (χ1v) is 13.7. The van der Waals surface area contributed by atoms with Gasteiger partial charge in [-0.3, -0.25) is 4.57 Å². The van der Waals surface area contributed by atoms with E-state index in [0.29, 0.717) is 5.69 Å². The van der Waals surface area contributed by atoms with Crippen LogP contribution in [0.5, 0.6) is 5.75 Å². The number of pyridine rings is 1. The number of phenols is 1. The first-order chi connectivity index (χ1) is 20.3. The molecule has 0 bridgehead atoms. The van der Waals surface area contributed by atoms with E-state index in [2.05, 4.69) is 108 Å². The van der Waals surface area contributed by atoms with Crippen LogP contribution in [0.3, 0.4) is 0 Å². The molecule has 41 heavy (non-hydrogen) atoms. The van der Waals surface area contributed by atoms with Crippen molar-refractivity contribution in [1.29, 1.82) is 0 Å². The summed E-state index contributed by atoms with van der Waals surface area (Å²) in [6.45, 7) is 0. The minimum absolute atomic E-state index is 0.196. The molecule has 0 atom stereocenters. The number of hydrogen-bond donors (Lipinski definition) is 1. The maximum atomic E-state index is 10.9. The van der Waals surface area contributed by atoms with E-state index in [4.69, 9.17) is 4.98 Å². The van der Waals surface area contributed by atoms with Gasteiger partial charge in [-0.05, 0) is 29.3 Å². The van der Waals surface area contributed by atoms with Crippen molar-refractivity contribution in [3.8, 4) is 33.8 Å². The van der Waals surface area contributed by atoms with Crippen LogP contribution >= 0.6 is 0 Å². The van der Waals surface area contributed by atoms with Crippen molar-refractivity contribution in [3.05, 3.63) is 169 Å². The lowest BCUT2D eigenvalue weighted by Crippen LogP contribution is -2.57. The first kappa shape index (κ1) is 23.4. The number of imidazole rings is 1. The van der Waals surface area contributed by atoms with Crippen molar-refractivity contribution < 1.29 is 9.67 Å². The van der Waals surface area contributed by atoms with Gasteiger partial charge in [-0.2, -0.15) is 0 Å². The number of benzene rings is 5. The van der Waals surface area contributed by atoms with Crippen molar-refractivity contribution in [2.24, 2.45) is 0 Å². The van der Waals surface area contributed by atoms with E-state index in [1.807, 2.05) is 47.0 Å². The van der Waals surface area contributed by atoms with Crippen LogP contribution in [0.15, 0.2) is 146 Å². The molecule has 0 aliphatic heterocycles. The summed E-state index contributed by atoms with van der Waals surface area (Å²) in [7, 11) is 0. The van der Waals surface area contributed by atoms with E-state index in [9.17, 15) is 5.11 Å². The average molecular weight is 528 g/mol. The molecule has 4 nitrogen and oxygen atoms in total. The van der Waals surface area contributed by atoms with E-state index < -0.39 is 5.54 Å². The molecule has 0 amide bonds. The van der Waals surface area contributed by atoms with Gasteiger partial charge in [-0.1, -0.05) is 127 Å². The lowest BCUT2D eigenvalue weighted by molar-refractivity contribution is -0.714. The molecule has 0 unspecified atom stereocenters. The van der Waals surface area contributed by atoms with Gasteiger partial charge in [-0.25, -0.2) is 4.98 Å². The molecule has 1 N–H and O–H groups in total. The van der Waals surface area contributed by atoms with Crippen LogP contribution in [-0.4, -0.2) is 14.7 Å². The zero-order valence-electron chi connectivity index (χ0n) is 22.1. The molecule has 0 spiro atoms. The Morgan fingerprint density at radius 2 is 1.24 bits per heavy atom. The number of para-hydroxylation sites is 4. The Balaban J connectivity index is 1.53. The molecule has 7 aromatic rings. The number of nitrogens with zero attached hydrogens (tertiary/aromatic N) is 3. The highest BCUT2D eigenvalue weighted by molar-refractivity contribution is 5.83. The minimum Gasteiger partial charge on any atom is -0.513 e. The SMILES string of the molecule is Oc1ccccc1-n1[c-][n+](C2(c3cccc(-c4ccccc4)n3)c3ccccc3-c3ccccc32)c2ccccc21. The number of rotatable bonds is 4. The number of aromatic hydroxyl groups is 1. The van der Waals surface area contributed by atoms with Crippen molar-refractivity contribution in [3.63, 3.8) is 0 Å². The maximum Gasteiger partial charge on any atom is 0.245 e. The molecule has 8 rings (SSSR count). The molecular weight excluding hydrogens is 502 g/mol. The van der Waals surface area contributed by atoms with Crippen molar-refractivity contribution >= 4 is 11.0 Å². The van der Waals surface area contributed by atoms with Crippen LogP contribution in [0, 0.1) is 6.33 Å². The summed E-state index contributed by atoms with van der Waals surface area (Å²) in [6, 6.07) is 49.5. The Kier molecular flexibility index (Phi) is 5.16. The van der Waals surface area contributed by atoms with Crippen LogP contribution in [0.1, 0.15) is 16.8 Å². The quantitative estimate of drug-likeness (QED) is 0.193. The molecular formula is C37H25N3O. The first-order valence-electron chi connectivity index (χ1n) is 13.7. The topological polar surface area (TPSA) is 41.9 Å². The fourth-order valence-electron chi connectivity index (χ4n) is 6.39. The van der Waals surface area contributed by atoms with Gasteiger partial charge in [0.2, 0.25) is 6.33 Å². The Hall–Kier alpha value is -5.48. The Bertz CT molecular complexity index is 2030. The van der Waals surface area contributed by atoms with Crippen LogP contribution in [0.4, 0.5) is 0 Å². The second kappa shape index (κ2) is 9.04. The molecule has 2 heterocycles. The minimum atomic E-state index is -0.812. The van der Waals surface area contributed by atoms with E-state index in [0.717, 1.165) is 39.1 Å². The molecule has 0 saturated carbocycles. The van der Waals surface area contributed by atoms with Crippen LogP contribution in [0.25, 0.3) is 39.1 Å². The number of fused-ring (bicyclic) bond motifs is 4.